The number of hydrogen-bond acceptors (Lipinski definition) is 4. The third-order valence-corrected chi connectivity index (χ3v) is 6.45. The summed E-state index contributed by atoms with van der Waals surface area (Å²) in [6.07, 6.45) is 2.29. The maximum atomic E-state index is 13.7. The van der Waals surface area contributed by atoms with E-state index in [0.717, 1.165) is 17.7 Å². The van der Waals surface area contributed by atoms with Crippen LogP contribution in [0, 0.1) is 5.82 Å². The van der Waals surface area contributed by atoms with Gasteiger partial charge in [0.1, 0.15) is 11.6 Å². The molecule has 1 saturated heterocycles. The molecule has 31 heavy (non-hydrogen) atoms. The van der Waals surface area contributed by atoms with Gasteiger partial charge >= 0.3 is 0 Å². The molecule has 7 heteroatoms. The molecule has 0 bridgehead atoms. The first-order chi connectivity index (χ1) is 15.1. The van der Waals surface area contributed by atoms with Crippen molar-refractivity contribution in [3.63, 3.8) is 0 Å². The van der Waals surface area contributed by atoms with Gasteiger partial charge in [-0.25, -0.2) is 4.39 Å². The molecule has 2 amide bonds. The molecule has 0 N–H and O–H groups in total. The standard InChI is InChI=1S/C24H29FN2O3S/c1-30-20-10-7-19(8-11-20)9-12-23(28)26-14-4-15-27(17-16-26)24(29)13-18-31-22-6-3-2-5-21(22)25/h2-3,5-8,10-11H,4,9,12-18H2,1H3. The summed E-state index contributed by atoms with van der Waals surface area (Å²) in [5.41, 5.74) is 1.10. The van der Waals surface area contributed by atoms with Gasteiger partial charge in [0.25, 0.3) is 0 Å². The van der Waals surface area contributed by atoms with Gasteiger partial charge in [0, 0.05) is 49.7 Å². The van der Waals surface area contributed by atoms with Gasteiger partial charge in [0.15, 0.2) is 0 Å². The predicted octanol–water partition coefficient (Wildman–Crippen LogP) is 4.01. The average molecular weight is 445 g/mol. The number of aryl methyl sites for hydroxylation is 1. The summed E-state index contributed by atoms with van der Waals surface area (Å²) < 4.78 is 18.8. The fraction of sp³-hybridized carbons (Fsp3) is 0.417. The van der Waals surface area contributed by atoms with E-state index in [4.69, 9.17) is 4.74 Å². The molecule has 0 atom stereocenters. The average Bonchev–Trinajstić information content (AvgIpc) is 3.05. The zero-order chi connectivity index (χ0) is 22.1. The number of halogens is 1. The number of thioether (sulfide) groups is 1. The van der Waals surface area contributed by atoms with Gasteiger partial charge in [0.2, 0.25) is 11.8 Å². The summed E-state index contributed by atoms with van der Waals surface area (Å²) in [5.74, 6) is 1.29. The van der Waals surface area contributed by atoms with Gasteiger partial charge in [-0.2, -0.15) is 0 Å². The Morgan fingerprint density at radius 3 is 2.23 bits per heavy atom. The fourth-order valence-corrected chi connectivity index (χ4v) is 4.46. The number of ether oxygens (including phenoxy) is 1. The predicted molar refractivity (Wildman–Crippen MR) is 121 cm³/mol. The molecule has 1 aliphatic heterocycles. The Hall–Kier alpha value is -2.54. The molecule has 0 aromatic heterocycles. The second-order valence-electron chi connectivity index (χ2n) is 7.49. The summed E-state index contributed by atoms with van der Waals surface area (Å²) in [7, 11) is 1.63. The Labute approximate surface area is 187 Å². The lowest BCUT2D eigenvalue weighted by atomic mass is 10.1. The minimum absolute atomic E-state index is 0.0661. The number of hydrogen-bond donors (Lipinski definition) is 0. The summed E-state index contributed by atoms with van der Waals surface area (Å²) in [5, 5.41) is 0. The molecule has 0 aliphatic carbocycles. The molecule has 5 nitrogen and oxygen atoms in total. The molecule has 0 saturated carbocycles. The topological polar surface area (TPSA) is 49.9 Å². The van der Waals surface area contributed by atoms with Crippen LogP contribution in [0.3, 0.4) is 0 Å². The molecule has 1 heterocycles. The minimum Gasteiger partial charge on any atom is -0.497 e. The molecule has 1 fully saturated rings. The highest BCUT2D eigenvalue weighted by atomic mass is 32.2. The van der Waals surface area contributed by atoms with Crippen LogP contribution in [0.1, 0.15) is 24.8 Å². The summed E-state index contributed by atoms with van der Waals surface area (Å²) >= 11 is 1.36. The summed E-state index contributed by atoms with van der Waals surface area (Å²) in [6.45, 7) is 2.45. The summed E-state index contributed by atoms with van der Waals surface area (Å²) in [4.78, 5) is 29.5. The van der Waals surface area contributed by atoms with E-state index >= 15 is 0 Å². The number of carbonyl (C=O) groups is 2. The Bertz CT molecular complexity index is 875. The molecule has 0 unspecified atom stereocenters. The van der Waals surface area contributed by atoms with Gasteiger partial charge in [-0.1, -0.05) is 24.3 Å². The van der Waals surface area contributed by atoms with E-state index in [0.29, 0.717) is 56.1 Å². The zero-order valence-electron chi connectivity index (χ0n) is 17.9. The molecule has 0 radical (unpaired) electrons. The number of carbonyl (C=O) groups excluding carboxylic acids is 2. The lowest BCUT2D eigenvalue weighted by Crippen LogP contribution is -2.37. The second-order valence-corrected chi connectivity index (χ2v) is 8.63. The van der Waals surface area contributed by atoms with Gasteiger partial charge in [-0.3, -0.25) is 9.59 Å². The van der Waals surface area contributed by atoms with E-state index in [1.165, 1.54) is 17.8 Å². The first kappa shape index (κ1) is 23.1. The third kappa shape index (κ3) is 6.99. The van der Waals surface area contributed by atoms with Crippen molar-refractivity contribution in [1.29, 1.82) is 0 Å². The fourth-order valence-electron chi connectivity index (χ4n) is 3.59. The number of rotatable bonds is 8. The van der Waals surface area contributed by atoms with Crippen LogP contribution in [0.15, 0.2) is 53.4 Å². The van der Waals surface area contributed by atoms with Crippen LogP contribution in [-0.2, 0) is 16.0 Å². The molecule has 1 aliphatic rings. The van der Waals surface area contributed by atoms with E-state index in [1.807, 2.05) is 34.1 Å². The monoisotopic (exact) mass is 444 g/mol. The lowest BCUT2D eigenvalue weighted by molar-refractivity contribution is -0.133. The Balaban J connectivity index is 1.40. The molecule has 2 aromatic carbocycles. The smallest absolute Gasteiger partial charge is 0.223 e. The van der Waals surface area contributed by atoms with Crippen LogP contribution < -0.4 is 4.74 Å². The van der Waals surface area contributed by atoms with E-state index in [9.17, 15) is 14.0 Å². The van der Waals surface area contributed by atoms with E-state index in [-0.39, 0.29) is 17.6 Å². The van der Waals surface area contributed by atoms with Gasteiger partial charge < -0.3 is 14.5 Å². The third-order valence-electron chi connectivity index (χ3n) is 5.40. The van der Waals surface area contributed by atoms with Crippen LogP contribution in [-0.4, -0.2) is 60.7 Å². The zero-order valence-corrected chi connectivity index (χ0v) is 18.7. The maximum Gasteiger partial charge on any atom is 0.223 e. The van der Waals surface area contributed by atoms with Crippen molar-refractivity contribution in [3.05, 3.63) is 59.9 Å². The Morgan fingerprint density at radius 1 is 0.935 bits per heavy atom. The minimum atomic E-state index is -0.251. The molecular weight excluding hydrogens is 415 g/mol. The van der Waals surface area contributed by atoms with Crippen molar-refractivity contribution in [2.24, 2.45) is 0 Å². The molecule has 166 valence electrons. The highest BCUT2D eigenvalue weighted by Gasteiger charge is 2.21. The SMILES string of the molecule is COc1ccc(CCC(=O)N2CCCN(C(=O)CCSc3ccccc3F)CC2)cc1. The highest BCUT2D eigenvalue weighted by Crippen LogP contribution is 2.22. The maximum absolute atomic E-state index is 13.7. The first-order valence-electron chi connectivity index (χ1n) is 10.6. The van der Waals surface area contributed by atoms with Crippen molar-refractivity contribution in [2.75, 3.05) is 39.0 Å². The van der Waals surface area contributed by atoms with Crippen molar-refractivity contribution < 1.29 is 18.7 Å². The number of amides is 2. The molecule has 3 rings (SSSR count). The second kappa shape index (κ2) is 11.7. The van der Waals surface area contributed by atoms with Crippen LogP contribution >= 0.6 is 11.8 Å². The van der Waals surface area contributed by atoms with Gasteiger partial charge in [0.05, 0.1) is 7.11 Å². The van der Waals surface area contributed by atoms with Crippen LogP contribution in [0.25, 0.3) is 0 Å². The van der Waals surface area contributed by atoms with Gasteiger partial charge in [-0.05, 0) is 42.7 Å². The lowest BCUT2D eigenvalue weighted by Gasteiger charge is -2.22. The van der Waals surface area contributed by atoms with E-state index in [1.54, 1.807) is 25.3 Å². The molecular formula is C24H29FN2O3S. The first-order valence-corrected chi connectivity index (χ1v) is 11.6. The van der Waals surface area contributed by atoms with E-state index < -0.39 is 0 Å². The highest BCUT2D eigenvalue weighted by molar-refractivity contribution is 7.99. The number of benzene rings is 2. The quantitative estimate of drug-likeness (QED) is 0.578. The van der Waals surface area contributed by atoms with Crippen molar-refractivity contribution in [3.8, 4) is 5.75 Å². The number of nitrogens with zero attached hydrogens (tertiary/aromatic N) is 2. The normalized spacial score (nSPS) is 14.3. The van der Waals surface area contributed by atoms with Crippen molar-refractivity contribution >= 4 is 23.6 Å². The molecule has 2 aromatic rings. The van der Waals surface area contributed by atoms with Gasteiger partial charge in [-0.15, -0.1) is 11.8 Å². The summed E-state index contributed by atoms with van der Waals surface area (Å²) in [6, 6.07) is 14.4. The Kier molecular flexibility index (Phi) is 8.76. The molecule has 0 spiro atoms. The largest absolute Gasteiger partial charge is 0.497 e. The van der Waals surface area contributed by atoms with Crippen molar-refractivity contribution in [1.82, 2.24) is 9.80 Å². The number of methoxy groups -OCH3 is 1. The Morgan fingerprint density at radius 2 is 1.58 bits per heavy atom. The van der Waals surface area contributed by atoms with Crippen LogP contribution in [0.4, 0.5) is 4.39 Å². The van der Waals surface area contributed by atoms with E-state index in [2.05, 4.69) is 0 Å². The van der Waals surface area contributed by atoms with Crippen molar-refractivity contribution in [2.45, 2.75) is 30.6 Å². The van der Waals surface area contributed by atoms with Crippen LogP contribution in [0.2, 0.25) is 0 Å². The van der Waals surface area contributed by atoms with Crippen LogP contribution in [0.5, 0.6) is 5.75 Å².